The van der Waals surface area contributed by atoms with E-state index in [4.69, 9.17) is 5.73 Å². The first-order valence-electron chi connectivity index (χ1n) is 31.2. The van der Waals surface area contributed by atoms with Gasteiger partial charge < -0.3 is 21.7 Å². The molecule has 0 spiro atoms. The number of Topliss-reactive ketones (excluding diaryl/α,β-unsaturated/α-hetero) is 3. The number of carbonyl (C=O) groups is 8. The average molecular weight is 1090 g/mol. The lowest BCUT2D eigenvalue weighted by molar-refractivity contribution is 0.0875. The Bertz CT molecular complexity index is 1870. The molecule has 6 N–H and O–H groups in total. The molecule has 0 unspecified atom stereocenters. The van der Waals surface area contributed by atoms with Gasteiger partial charge in [0.05, 0.1) is 27.8 Å². The lowest BCUT2D eigenvalue weighted by Crippen LogP contribution is -2.30. The van der Waals surface area contributed by atoms with E-state index in [0.29, 0.717) is 38.9 Å². The molecule has 13 nitrogen and oxygen atoms in total. The van der Waals surface area contributed by atoms with Crippen molar-refractivity contribution in [3.05, 3.63) is 68.8 Å². The van der Waals surface area contributed by atoms with Crippen LogP contribution in [0, 0.1) is 0 Å². The topological polar surface area (TPSA) is 211 Å². The molecule has 2 aromatic rings. The molecular formula is C65H107N5O8. The maximum Gasteiger partial charge on any atom is 0.258 e. The minimum Gasteiger partial charge on any atom is -0.352 e. The SMILES string of the molecule is CCCCCCCC(=O)c1cc(C(=O)CCCCCCC)c(C(=O)NCCCCCC)cc1C(=O)NCCCCCC.CCCCCCCC(=O)c1cc2c(cc1C(=O)NCCCCCC)C(=O)NC2=O.CCCCCCN. The van der Waals surface area contributed by atoms with Gasteiger partial charge in [0, 0.05) is 55.6 Å². The van der Waals surface area contributed by atoms with Crippen molar-refractivity contribution >= 4 is 46.9 Å². The van der Waals surface area contributed by atoms with E-state index in [2.05, 4.69) is 69.7 Å². The van der Waals surface area contributed by atoms with Gasteiger partial charge >= 0.3 is 0 Å². The first-order valence-corrected chi connectivity index (χ1v) is 31.2. The summed E-state index contributed by atoms with van der Waals surface area (Å²) < 4.78 is 0. The number of hydrogen-bond donors (Lipinski definition) is 5. The summed E-state index contributed by atoms with van der Waals surface area (Å²) in [5.41, 5.74) is 6.97. The van der Waals surface area contributed by atoms with Gasteiger partial charge in [-0.05, 0) is 75.8 Å². The molecule has 0 radical (unpaired) electrons. The van der Waals surface area contributed by atoms with Crippen molar-refractivity contribution in [2.24, 2.45) is 5.73 Å². The van der Waals surface area contributed by atoms with Crippen LogP contribution in [0.3, 0.4) is 0 Å². The lowest BCUT2D eigenvalue weighted by atomic mass is 9.90. The van der Waals surface area contributed by atoms with Gasteiger partial charge in [-0.2, -0.15) is 0 Å². The molecular weight excluding hydrogens is 979 g/mol. The van der Waals surface area contributed by atoms with Crippen molar-refractivity contribution in [3.63, 3.8) is 0 Å². The number of nitrogens with two attached hydrogens (primary N) is 1. The van der Waals surface area contributed by atoms with Crippen LogP contribution in [-0.2, 0) is 0 Å². The summed E-state index contributed by atoms with van der Waals surface area (Å²) in [4.78, 5) is 103. The highest BCUT2D eigenvalue weighted by atomic mass is 16.2. The summed E-state index contributed by atoms with van der Waals surface area (Å²) in [6.45, 7) is 17.5. The summed E-state index contributed by atoms with van der Waals surface area (Å²) in [7, 11) is 0. The number of ketones is 3. The molecule has 1 heterocycles. The van der Waals surface area contributed by atoms with Gasteiger partial charge in [-0.1, -0.05) is 203 Å². The number of rotatable bonds is 43. The van der Waals surface area contributed by atoms with Gasteiger partial charge in [-0.25, -0.2) is 0 Å². The van der Waals surface area contributed by atoms with E-state index in [-0.39, 0.29) is 79.6 Å². The van der Waals surface area contributed by atoms with Crippen molar-refractivity contribution in [1.82, 2.24) is 21.3 Å². The Balaban J connectivity index is 0.000000727. The number of carbonyl (C=O) groups excluding carboxylic acids is 8. The van der Waals surface area contributed by atoms with Crippen molar-refractivity contribution in [1.29, 1.82) is 0 Å². The van der Waals surface area contributed by atoms with Crippen LogP contribution in [0.4, 0.5) is 0 Å². The van der Waals surface area contributed by atoms with Crippen molar-refractivity contribution < 1.29 is 38.4 Å². The van der Waals surface area contributed by atoms with Crippen LogP contribution in [0.1, 0.15) is 350 Å². The molecule has 0 fully saturated rings. The Kier molecular flexibility index (Phi) is 41.7. The van der Waals surface area contributed by atoms with Gasteiger partial charge in [0.25, 0.3) is 29.5 Å². The number of amides is 5. The number of nitrogens with one attached hydrogen (secondary N) is 4. The molecule has 13 heteroatoms. The van der Waals surface area contributed by atoms with E-state index in [1.807, 2.05) is 0 Å². The Morgan fingerprint density at radius 1 is 0.333 bits per heavy atom. The Morgan fingerprint density at radius 2 is 0.577 bits per heavy atom. The summed E-state index contributed by atoms with van der Waals surface area (Å²) in [6.07, 6.45) is 33.6. The molecule has 2 aromatic carbocycles. The number of unbranched alkanes of at least 4 members (excludes halogenated alkanes) is 24. The summed E-state index contributed by atoms with van der Waals surface area (Å²) in [6, 6.07) is 5.87. The van der Waals surface area contributed by atoms with Gasteiger partial charge in [-0.15, -0.1) is 0 Å². The minimum absolute atomic E-state index is 0.133. The maximum atomic E-state index is 13.5. The molecule has 0 aliphatic carbocycles. The van der Waals surface area contributed by atoms with E-state index in [1.54, 1.807) is 6.07 Å². The second-order valence-electron chi connectivity index (χ2n) is 21.2. The van der Waals surface area contributed by atoms with E-state index in [1.165, 1.54) is 43.9 Å². The lowest BCUT2D eigenvalue weighted by Gasteiger charge is -2.16. The Labute approximate surface area is 472 Å². The van der Waals surface area contributed by atoms with E-state index in [0.717, 1.165) is 180 Å². The van der Waals surface area contributed by atoms with Gasteiger partial charge in [-0.3, -0.25) is 43.7 Å². The second-order valence-corrected chi connectivity index (χ2v) is 21.2. The average Bonchev–Trinajstić information content (AvgIpc) is 3.80. The van der Waals surface area contributed by atoms with Crippen molar-refractivity contribution in [2.45, 2.75) is 267 Å². The van der Waals surface area contributed by atoms with Crippen LogP contribution in [0.2, 0.25) is 0 Å². The predicted molar refractivity (Wildman–Crippen MR) is 320 cm³/mol. The number of benzene rings is 2. The zero-order chi connectivity index (χ0) is 57.8. The van der Waals surface area contributed by atoms with Gasteiger partial charge in [0.2, 0.25) is 0 Å². The standard InChI is InChI=1S/C36H60N2O4.C23H32N2O4.C6H15N/c1-5-9-13-17-19-23-33(39)29-27-30(34(40)24-20-18-14-10-6-2)32(36(42)38-26-22-16-12-8-4)28-31(29)35(41)37-25-21-15-11-7-3;1-3-5-7-9-10-12-20(26)16-14-18-19(23(29)25-22(18)28)15-17(16)21(27)24-13-11-8-6-4-2;1-2-3-4-5-6-7/h27-28H,5-26H2,1-4H3,(H,37,41)(H,38,42);14-15H,3-13H2,1-2H3,(H,24,27)(H,25,28,29);2-7H2,1H3. The maximum absolute atomic E-state index is 13.5. The fourth-order valence-electron chi connectivity index (χ4n) is 9.26. The Hall–Kier alpha value is -5.04. The van der Waals surface area contributed by atoms with Gasteiger partial charge in [0.15, 0.2) is 17.3 Å². The summed E-state index contributed by atoms with van der Waals surface area (Å²) in [5, 5.41) is 11.0. The van der Waals surface area contributed by atoms with Crippen LogP contribution in [-0.4, -0.2) is 73.1 Å². The number of fused-ring (bicyclic) bond motifs is 1. The van der Waals surface area contributed by atoms with Gasteiger partial charge in [0.1, 0.15) is 0 Å². The van der Waals surface area contributed by atoms with Crippen LogP contribution in [0.25, 0.3) is 0 Å². The second kappa shape index (κ2) is 45.8. The molecule has 1 aliphatic heterocycles. The summed E-state index contributed by atoms with van der Waals surface area (Å²) >= 11 is 0. The molecule has 0 bridgehead atoms. The third kappa shape index (κ3) is 29.3. The molecule has 0 aromatic heterocycles. The molecule has 5 amide bonds. The third-order valence-corrected chi connectivity index (χ3v) is 14.2. The van der Waals surface area contributed by atoms with Crippen LogP contribution < -0.4 is 27.0 Å². The predicted octanol–water partition coefficient (Wildman–Crippen LogP) is 15.3. The summed E-state index contributed by atoms with van der Waals surface area (Å²) in [5.74, 6) is -2.54. The number of hydrogen-bond acceptors (Lipinski definition) is 9. The zero-order valence-electron chi connectivity index (χ0n) is 50.0. The molecule has 440 valence electrons. The third-order valence-electron chi connectivity index (χ3n) is 14.2. The van der Waals surface area contributed by atoms with Crippen LogP contribution in [0.5, 0.6) is 0 Å². The number of imide groups is 1. The molecule has 78 heavy (non-hydrogen) atoms. The molecule has 1 aliphatic rings. The van der Waals surface area contributed by atoms with Crippen LogP contribution >= 0.6 is 0 Å². The fourth-order valence-corrected chi connectivity index (χ4v) is 9.26. The quantitative estimate of drug-likeness (QED) is 0.0243. The zero-order valence-corrected chi connectivity index (χ0v) is 50.0. The fraction of sp³-hybridized carbons (Fsp3) is 0.692. The molecule has 0 saturated heterocycles. The van der Waals surface area contributed by atoms with E-state index >= 15 is 0 Å². The first kappa shape index (κ1) is 71.0. The largest absolute Gasteiger partial charge is 0.352 e. The molecule has 0 saturated carbocycles. The smallest absolute Gasteiger partial charge is 0.258 e. The molecule has 3 rings (SSSR count). The van der Waals surface area contributed by atoms with Crippen LogP contribution in [0.15, 0.2) is 24.3 Å². The van der Waals surface area contributed by atoms with Crippen molar-refractivity contribution in [2.75, 3.05) is 26.2 Å². The highest BCUT2D eigenvalue weighted by Crippen LogP contribution is 2.26. The highest BCUT2D eigenvalue weighted by Gasteiger charge is 2.31. The van der Waals surface area contributed by atoms with Crippen molar-refractivity contribution in [3.8, 4) is 0 Å². The normalized spacial score (nSPS) is 11.4. The molecule has 0 atom stereocenters. The van der Waals surface area contributed by atoms with E-state index in [9.17, 15) is 38.4 Å². The van der Waals surface area contributed by atoms with E-state index < -0.39 is 11.8 Å². The first-order chi connectivity index (χ1) is 37.8. The highest BCUT2D eigenvalue weighted by molar-refractivity contribution is 6.23. The minimum atomic E-state index is -0.527. The monoisotopic (exact) mass is 1090 g/mol. The Morgan fingerprint density at radius 3 is 0.885 bits per heavy atom.